The molecule has 0 aromatic heterocycles. The van der Waals surface area contributed by atoms with Gasteiger partial charge in [0.2, 0.25) is 5.91 Å². The molecular formula is C22H21NO3S. The third kappa shape index (κ3) is 5.79. The van der Waals surface area contributed by atoms with Crippen molar-refractivity contribution in [2.75, 3.05) is 18.2 Å². The Hall–Kier alpha value is -2.92. The van der Waals surface area contributed by atoms with E-state index in [4.69, 9.17) is 9.47 Å². The van der Waals surface area contributed by atoms with Gasteiger partial charge < -0.3 is 14.8 Å². The molecule has 0 bridgehead atoms. The summed E-state index contributed by atoms with van der Waals surface area (Å²) in [6.07, 6.45) is 0. The van der Waals surface area contributed by atoms with Gasteiger partial charge in [-0.15, -0.1) is 11.8 Å². The number of thioether (sulfide) groups is 1. The van der Waals surface area contributed by atoms with Crippen molar-refractivity contribution in [2.24, 2.45) is 0 Å². The van der Waals surface area contributed by atoms with Crippen LogP contribution in [0.5, 0.6) is 17.2 Å². The fourth-order valence-corrected chi connectivity index (χ4v) is 3.23. The fraction of sp³-hybridized carbons (Fsp3) is 0.136. The van der Waals surface area contributed by atoms with Gasteiger partial charge in [0.1, 0.15) is 11.5 Å². The third-order valence-corrected chi connectivity index (χ3v) is 4.80. The summed E-state index contributed by atoms with van der Waals surface area (Å²) in [6, 6.07) is 24.8. The van der Waals surface area contributed by atoms with Gasteiger partial charge in [0.25, 0.3) is 0 Å². The highest BCUT2D eigenvalue weighted by Gasteiger charge is 2.09. The maximum Gasteiger partial charge on any atom is 0.234 e. The second kappa shape index (κ2) is 9.69. The molecule has 0 heterocycles. The van der Waals surface area contributed by atoms with E-state index in [1.165, 1.54) is 0 Å². The quantitative estimate of drug-likeness (QED) is 0.572. The van der Waals surface area contributed by atoms with Gasteiger partial charge in [-0.2, -0.15) is 0 Å². The van der Waals surface area contributed by atoms with E-state index in [-0.39, 0.29) is 5.91 Å². The summed E-state index contributed by atoms with van der Waals surface area (Å²) in [5.74, 6) is 3.25. The molecule has 0 fully saturated rings. The number of amides is 1. The molecule has 3 rings (SSSR count). The summed E-state index contributed by atoms with van der Waals surface area (Å²) >= 11 is 1.56. The molecule has 0 radical (unpaired) electrons. The summed E-state index contributed by atoms with van der Waals surface area (Å²) in [5, 5.41) is 2.93. The van der Waals surface area contributed by atoms with Gasteiger partial charge in [-0.25, -0.2) is 0 Å². The predicted molar refractivity (Wildman–Crippen MR) is 111 cm³/mol. The Morgan fingerprint density at radius 1 is 0.889 bits per heavy atom. The van der Waals surface area contributed by atoms with Crippen LogP contribution in [-0.2, 0) is 10.5 Å². The molecule has 1 amide bonds. The van der Waals surface area contributed by atoms with Crippen LogP contribution in [0.1, 0.15) is 5.56 Å². The lowest BCUT2D eigenvalue weighted by Crippen LogP contribution is -2.14. The van der Waals surface area contributed by atoms with Crippen molar-refractivity contribution in [3.63, 3.8) is 0 Å². The highest BCUT2D eigenvalue weighted by Crippen LogP contribution is 2.29. The largest absolute Gasteiger partial charge is 0.497 e. The highest BCUT2D eigenvalue weighted by molar-refractivity contribution is 7.99. The van der Waals surface area contributed by atoms with E-state index < -0.39 is 0 Å². The maximum absolute atomic E-state index is 12.3. The predicted octanol–water partition coefficient (Wildman–Crippen LogP) is 5.36. The Labute approximate surface area is 163 Å². The van der Waals surface area contributed by atoms with Crippen LogP contribution in [0, 0.1) is 0 Å². The van der Waals surface area contributed by atoms with E-state index in [0.717, 1.165) is 22.8 Å². The molecule has 4 nitrogen and oxygen atoms in total. The number of ether oxygens (including phenoxy) is 2. The Kier molecular flexibility index (Phi) is 6.77. The van der Waals surface area contributed by atoms with E-state index in [2.05, 4.69) is 5.32 Å². The van der Waals surface area contributed by atoms with Crippen LogP contribution in [-0.4, -0.2) is 18.8 Å². The fourth-order valence-electron chi connectivity index (χ4n) is 2.44. The minimum Gasteiger partial charge on any atom is -0.497 e. The Morgan fingerprint density at radius 3 is 2.33 bits per heavy atom. The molecule has 1 N–H and O–H groups in total. The van der Waals surface area contributed by atoms with Gasteiger partial charge in [-0.3, -0.25) is 4.79 Å². The number of benzene rings is 3. The average Bonchev–Trinajstić information content (AvgIpc) is 2.71. The molecule has 0 saturated carbocycles. The summed E-state index contributed by atoms with van der Waals surface area (Å²) in [7, 11) is 1.65. The van der Waals surface area contributed by atoms with Gasteiger partial charge >= 0.3 is 0 Å². The summed E-state index contributed by atoms with van der Waals surface area (Å²) < 4.78 is 11.0. The molecule has 0 unspecified atom stereocenters. The lowest BCUT2D eigenvalue weighted by atomic mass is 10.2. The number of anilines is 1. The van der Waals surface area contributed by atoms with Crippen molar-refractivity contribution in [1.29, 1.82) is 0 Å². The van der Waals surface area contributed by atoms with Crippen molar-refractivity contribution in [3.05, 3.63) is 84.4 Å². The molecule has 0 atom stereocenters. The number of carbonyl (C=O) groups is 1. The second-order valence-corrected chi connectivity index (χ2v) is 6.79. The van der Waals surface area contributed by atoms with Crippen LogP contribution in [0.15, 0.2) is 78.9 Å². The summed E-state index contributed by atoms with van der Waals surface area (Å²) in [4.78, 5) is 12.3. The molecular weight excluding hydrogens is 358 g/mol. The van der Waals surface area contributed by atoms with Gasteiger partial charge in [-0.05, 0) is 42.0 Å². The van der Waals surface area contributed by atoms with Crippen molar-refractivity contribution in [1.82, 2.24) is 0 Å². The third-order valence-electron chi connectivity index (χ3n) is 3.79. The van der Waals surface area contributed by atoms with E-state index in [1.807, 2.05) is 78.9 Å². The van der Waals surface area contributed by atoms with Crippen LogP contribution in [0.3, 0.4) is 0 Å². The van der Waals surface area contributed by atoms with Crippen LogP contribution in [0.4, 0.5) is 5.69 Å². The first-order valence-corrected chi connectivity index (χ1v) is 9.72. The molecule has 0 aliphatic heterocycles. The van der Waals surface area contributed by atoms with Crippen molar-refractivity contribution < 1.29 is 14.3 Å². The number of nitrogens with one attached hydrogen (secondary N) is 1. The summed E-state index contributed by atoms with van der Waals surface area (Å²) in [6.45, 7) is 0. The number of hydrogen-bond acceptors (Lipinski definition) is 4. The molecule has 0 saturated heterocycles. The number of rotatable bonds is 8. The van der Waals surface area contributed by atoms with Crippen LogP contribution < -0.4 is 14.8 Å². The molecule has 5 heteroatoms. The first-order chi connectivity index (χ1) is 13.2. The average molecular weight is 379 g/mol. The second-order valence-electron chi connectivity index (χ2n) is 5.80. The zero-order valence-corrected chi connectivity index (χ0v) is 15.9. The maximum atomic E-state index is 12.3. The van der Waals surface area contributed by atoms with E-state index in [1.54, 1.807) is 18.9 Å². The zero-order chi connectivity index (χ0) is 18.9. The van der Waals surface area contributed by atoms with Crippen LogP contribution >= 0.6 is 11.8 Å². The first-order valence-electron chi connectivity index (χ1n) is 8.57. The van der Waals surface area contributed by atoms with Crippen molar-refractivity contribution >= 4 is 23.4 Å². The molecule has 3 aromatic rings. The number of methoxy groups -OCH3 is 1. The van der Waals surface area contributed by atoms with E-state index >= 15 is 0 Å². The summed E-state index contributed by atoms with van der Waals surface area (Å²) in [5.41, 5.74) is 1.82. The minimum absolute atomic E-state index is 0.0578. The highest BCUT2D eigenvalue weighted by atomic mass is 32.2. The van der Waals surface area contributed by atoms with Gasteiger partial charge in [0.05, 0.1) is 18.6 Å². The first kappa shape index (κ1) is 18.9. The van der Waals surface area contributed by atoms with Gasteiger partial charge in [0, 0.05) is 5.75 Å². The van der Waals surface area contributed by atoms with Crippen molar-refractivity contribution in [2.45, 2.75) is 5.75 Å². The number of carbonyl (C=O) groups excluding carboxylic acids is 1. The van der Waals surface area contributed by atoms with Crippen LogP contribution in [0.2, 0.25) is 0 Å². The lowest BCUT2D eigenvalue weighted by Gasteiger charge is -2.12. The molecule has 0 spiro atoms. The van der Waals surface area contributed by atoms with Crippen molar-refractivity contribution in [3.8, 4) is 17.2 Å². The number of hydrogen-bond donors (Lipinski definition) is 1. The molecule has 138 valence electrons. The van der Waals surface area contributed by atoms with E-state index in [9.17, 15) is 4.79 Å². The Bertz CT molecular complexity index is 866. The molecule has 0 aliphatic rings. The van der Waals surface area contributed by atoms with E-state index in [0.29, 0.717) is 17.2 Å². The minimum atomic E-state index is -0.0578. The molecule has 0 aliphatic carbocycles. The Morgan fingerprint density at radius 2 is 1.59 bits per heavy atom. The Balaban J connectivity index is 1.53. The normalized spacial score (nSPS) is 10.3. The SMILES string of the molecule is COc1ccc(CSCC(=O)Nc2ccccc2Oc2ccccc2)cc1. The topological polar surface area (TPSA) is 47.6 Å². The van der Waals surface area contributed by atoms with Gasteiger partial charge in [0.15, 0.2) is 5.75 Å². The van der Waals surface area contributed by atoms with Crippen LogP contribution in [0.25, 0.3) is 0 Å². The molecule has 27 heavy (non-hydrogen) atoms. The zero-order valence-electron chi connectivity index (χ0n) is 15.1. The number of para-hydroxylation sites is 3. The molecule has 3 aromatic carbocycles. The lowest BCUT2D eigenvalue weighted by molar-refractivity contribution is -0.113. The van der Waals surface area contributed by atoms with Gasteiger partial charge in [-0.1, -0.05) is 42.5 Å². The smallest absolute Gasteiger partial charge is 0.234 e. The monoisotopic (exact) mass is 379 g/mol. The standard InChI is InChI=1S/C22H21NO3S/c1-25-18-13-11-17(12-14-18)15-27-16-22(24)23-20-9-5-6-10-21(20)26-19-7-3-2-4-8-19/h2-14H,15-16H2,1H3,(H,23,24).